The average Bonchev–Trinajstić information content (AvgIpc) is 2.02. The molecule has 1 atom stereocenters. The molecular weight excluding hydrogens is 202 g/mol. The summed E-state index contributed by atoms with van der Waals surface area (Å²) in [6.07, 6.45) is 4.23. The topological polar surface area (TPSA) is 72.0 Å². The number of anilines is 1. The van der Waals surface area contributed by atoms with Gasteiger partial charge in [0.25, 0.3) is 0 Å². The maximum absolute atomic E-state index is 11.0. The van der Waals surface area contributed by atoms with E-state index in [9.17, 15) is 8.42 Å². The molecule has 0 aliphatic carbocycles. The van der Waals surface area contributed by atoms with E-state index in [1.807, 2.05) is 0 Å². The van der Waals surface area contributed by atoms with Crippen molar-refractivity contribution >= 4 is 15.7 Å². The highest BCUT2D eigenvalue weighted by Gasteiger charge is 2.10. The lowest BCUT2D eigenvalue weighted by Crippen LogP contribution is -2.25. The van der Waals surface area contributed by atoms with Crippen molar-refractivity contribution in [2.45, 2.75) is 13.0 Å². The van der Waals surface area contributed by atoms with Crippen molar-refractivity contribution in [1.82, 2.24) is 9.97 Å². The van der Waals surface area contributed by atoms with E-state index in [1.165, 1.54) is 12.6 Å². The first-order chi connectivity index (χ1) is 6.47. The molecule has 1 unspecified atom stereocenters. The number of aromatic nitrogens is 2. The zero-order valence-electron chi connectivity index (χ0n) is 8.14. The van der Waals surface area contributed by atoms with Gasteiger partial charge >= 0.3 is 0 Å². The lowest BCUT2D eigenvalue weighted by atomic mass is 10.4. The highest BCUT2D eigenvalue weighted by atomic mass is 32.2. The SMILES string of the molecule is CC(CS(C)(=O)=O)Nc1ccncn1. The van der Waals surface area contributed by atoms with Crippen molar-refractivity contribution in [2.75, 3.05) is 17.3 Å². The second kappa shape index (κ2) is 4.36. The lowest BCUT2D eigenvalue weighted by Gasteiger charge is -2.12. The number of nitrogens with zero attached hydrogens (tertiary/aromatic N) is 2. The van der Waals surface area contributed by atoms with Gasteiger partial charge in [-0.2, -0.15) is 0 Å². The zero-order valence-corrected chi connectivity index (χ0v) is 8.95. The van der Waals surface area contributed by atoms with Crippen LogP contribution >= 0.6 is 0 Å². The molecule has 0 saturated heterocycles. The van der Waals surface area contributed by atoms with Gasteiger partial charge < -0.3 is 5.32 Å². The Labute approximate surface area is 83.5 Å². The van der Waals surface area contributed by atoms with Crippen LogP contribution in [-0.4, -0.2) is 36.4 Å². The Hall–Kier alpha value is -1.17. The molecule has 0 bridgehead atoms. The van der Waals surface area contributed by atoms with E-state index in [1.54, 1.807) is 19.2 Å². The quantitative estimate of drug-likeness (QED) is 0.783. The molecule has 0 aliphatic heterocycles. The molecule has 0 spiro atoms. The normalized spacial score (nSPS) is 13.6. The molecule has 0 amide bonds. The van der Waals surface area contributed by atoms with Gasteiger partial charge in [0.2, 0.25) is 0 Å². The summed E-state index contributed by atoms with van der Waals surface area (Å²) in [4.78, 5) is 7.69. The van der Waals surface area contributed by atoms with Gasteiger partial charge in [0.15, 0.2) is 0 Å². The summed E-state index contributed by atoms with van der Waals surface area (Å²) in [5, 5.41) is 2.97. The summed E-state index contributed by atoms with van der Waals surface area (Å²) in [6, 6.07) is 1.54. The fourth-order valence-corrected chi connectivity index (χ4v) is 2.12. The van der Waals surface area contributed by atoms with Gasteiger partial charge in [0, 0.05) is 18.5 Å². The van der Waals surface area contributed by atoms with Crippen molar-refractivity contribution < 1.29 is 8.42 Å². The molecule has 5 nitrogen and oxygen atoms in total. The van der Waals surface area contributed by atoms with Crippen LogP contribution in [0.1, 0.15) is 6.92 Å². The Bertz CT molecular complexity index is 377. The van der Waals surface area contributed by atoms with Gasteiger partial charge in [-0.1, -0.05) is 0 Å². The minimum absolute atomic E-state index is 0.0942. The third-order valence-corrected chi connectivity index (χ3v) is 2.63. The third kappa shape index (κ3) is 4.18. The molecule has 1 N–H and O–H groups in total. The number of nitrogens with one attached hydrogen (secondary N) is 1. The summed E-state index contributed by atoms with van der Waals surface area (Å²) in [6.45, 7) is 1.79. The number of hydrogen-bond donors (Lipinski definition) is 1. The van der Waals surface area contributed by atoms with Crippen molar-refractivity contribution in [1.29, 1.82) is 0 Å². The maximum atomic E-state index is 11.0. The van der Waals surface area contributed by atoms with Crippen LogP contribution in [0.2, 0.25) is 0 Å². The largest absolute Gasteiger partial charge is 0.366 e. The summed E-state index contributed by atoms with van der Waals surface area (Å²) in [7, 11) is -2.95. The van der Waals surface area contributed by atoms with Gasteiger partial charge in [0.05, 0.1) is 5.75 Å². The Morgan fingerprint density at radius 1 is 1.57 bits per heavy atom. The number of rotatable bonds is 4. The van der Waals surface area contributed by atoms with E-state index < -0.39 is 9.84 Å². The standard InChI is InChI=1S/C8H13N3O2S/c1-7(5-14(2,12)13)11-8-3-4-9-6-10-8/h3-4,6-7H,5H2,1-2H3,(H,9,10,11). The first-order valence-corrected chi connectivity index (χ1v) is 6.24. The van der Waals surface area contributed by atoms with Crippen LogP contribution < -0.4 is 5.32 Å². The van der Waals surface area contributed by atoms with Crippen LogP contribution in [0.5, 0.6) is 0 Å². The number of sulfone groups is 1. The molecule has 0 aliphatic rings. The van der Waals surface area contributed by atoms with Gasteiger partial charge in [-0.05, 0) is 13.0 Å². The highest BCUT2D eigenvalue weighted by Crippen LogP contribution is 2.02. The Kier molecular flexibility index (Phi) is 3.40. The molecule has 0 fully saturated rings. The molecule has 1 aromatic rings. The summed E-state index contributed by atoms with van der Waals surface area (Å²) >= 11 is 0. The average molecular weight is 215 g/mol. The molecule has 78 valence electrons. The van der Waals surface area contributed by atoms with Gasteiger partial charge in [-0.15, -0.1) is 0 Å². The van der Waals surface area contributed by atoms with Crippen LogP contribution in [0.15, 0.2) is 18.6 Å². The van der Waals surface area contributed by atoms with E-state index in [4.69, 9.17) is 0 Å². The first kappa shape index (κ1) is 10.9. The monoisotopic (exact) mass is 215 g/mol. The minimum atomic E-state index is -2.95. The van der Waals surface area contributed by atoms with Crippen molar-refractivity contribution in [3.8, 4) is 0 Å². The Morgan fingerprint density at radius 2 is 2.29 bits per heavy atom. The van der Waals surface area contributed by atoms with E-state index >= 15 is 0 Å². The Morgan fingerprint density at radius 3 is 2.79 bits per heavy atom. The number of hydrogen-bond acceptors (Lipinski definition) is 5. The van der Waals surface area contributed by atoms with E-state index in [0.29, 0.717) is 5.82 Å². The van der Waals surface area contributed by atoms with Crippen molar-refractivity contribution in [3.63, 3.8) is 0 Å². The van der Waals surface area contributed by atoms with Gasteiger partial charge in [-0.3, -0.25) is 0 Å². The second-order valence-electron chi connectivity index (χ2n) is 3.23. The van der Waals surface area contributed by atoms with Crippen LogP contribution in [0.25, 0.3) is 0 Å². The van der Waals surface area contributed by atoms with E-state index in [0.717, 1.165) is 0 Å². The van der Waals surface area contributed by atoms with Crippen LogP contribution in [0.4, 0.5) is 5.82 Å². The maximum Gasteiger partial charge on any atom is 0.149 e. The van der Waals surface area contributed by atoms with Gasteiger partial charge in [-0.25, -0.2) is 18.4 Å². The second-order valence-corrected chi connectivity index (χ2v) is 5.42. The predicted molar refractivity (Wildman–Crippen MR) is 54.8 cm³/mol. The molecule has 14 heavy (non-hydrogen) atoms. The first-order valence-electron chi connectivity index (χ1n) is 4.17. The lowest BCUT2D eigenvalue weighted by molar-refractivity contribution is 0.598. The van der Waals surface area contributed by atoms with E-state index in [-0.39, 0.29) is 11.8 Å². The molecule has 0 aromatic carbocycles. The molecule has 1 heterocycles. The molecule has 0 radical (unpaired) electrons. The fourth-order valence-electron chi connectivity index (χ4n) is 1.12. The Balaban J connectivity index is 2.54. The highest BCUT2D eigenvalue weighted by molar-refractivity contribution is 7.90. The smallest absolute Gasteiger partial charge is 0.149 e. The molecule has 6 heteroatoms. The molecular formula is C8H13N3O2S. The van der Waals surface area contributed by atoms with E-state index in [2.05, 4.69) is 15.3 Å². The molecule has 0 saturated carbocycles. The summed E-state index contributed by atoms with van der Waals surface area (Å²) in [5.74, 6) is 0.730. The molecule has 1 aromatic heterocycles. The van der Waals surface area contributed by atoms with Crippen LogP contribution in [-0.2, 0) is 9.84 Å². The van der Waals surface area contributed by atoms with Crippen molar-refractivity contribution in [2.24, 2.45) is 0 Å². The third-order valence-electron chi connectivity index (χ3n) is 1.53. The summed E-state index contributed by atoms with van der Waals surface area (Å²) in [5.41, 5.74) is 0. The summed E-state index contributed by atoms with van der Waals surface area (Å²) < 4.78 is 21.9. The predicted octanol–water partition coefficient (Wildman–Crippen LogP) is 0.322. The van der Waals surface area contributed by atoms with Gasteiger partial charge in [0.1, 0.15) is 22.0 Å². The fraction of sp³-hybridized carbons (Fsp3) is 0.500. The molecule has 1 rings (SSSR count). The van der Waals surface area contributed by atoms with Crippen LogP contribution in [0.3, 0.4) is 0 Å². The zero-order chi connectivity index (χ0) is 10.6. The minimum Gasteiger partial charge on any atom is -0.366 e. The van der Waals surface area contributed by atoms with Crippen LogP contribution in [0, 0.1) is 0 Å². The van der Waals surface area contributed by atoms with Crippen molar-refractivity contribution in [3.05, 3.63) is 18.6 Å².